The lowest BCUT2D eigenvalue weighted by Gasteiger charge is -2.44. The van der Waals surface area contributed by atoms with Crippen LogP contribution >= 0.6 is 0 Å². The number of anilines is 6. The molecule has 0 fully saturated rings. The number of fused-ring (bicyclic) bond motifs is 8. The summed E-state index contributed by atoms with van der Waals surface area (Å²) in [6.07, 6.45) is 0. The van der Waals surface area contributed by atoms with E-state index in [9.17, 15) is 0 Å². The maximum Gasteiger partial charge on any atom is 0.256 e. The Labute approximate surface area is 681 Å². The number of ether oxygens (including phenoxy) is 2. The number of hydrogen-bond donors (Lipinski definition) is 0. The van der Waals surface area contributed by atoms with E-state index in [-0.39, 0.29) is 24.3 Å². The largest absolute Gasteiger partial charge is 0.458 e. The van der Waals surface area contributed by atoms with Gasteiger partial charge in [0.2, 0.25) is 0 Å². The maximum absolute atomic E-state index is 7.85. The van der Waals surface area contributed by atoms with Crippen LogP contribution in [0.1, 0.15) is 52.7 Å². The van der Waals surface area contributed by atoms with Crippen molar-refractivity contribution in [3.05, 3.63) is 399 Å². The second-order valence-electron chi connectivity index (χ2n) is 33.5. The van der Waals surface area contributed by atoms with Gasteiger partial charge in [0.25, 0.3) is 13.4 Å². The molecule has 4 aliphatic heterocycles. The average molecular weight is 1490 g/mol. The molecule has 21 rings (SSSR count). The van der Waals surface area contributed by atoms with Crippen molar-refractivity contribution in [2.75, 3.05) is 9.80 Å². The number of benzene rings is 17. The lowest BCUT2D eigenvalue weighted by atomic mass is 9.31. The molecule has 0 saturated heterocycles. The molecule has 0 amide bonds. The number of nitrogens with zero attached hydrogens (tertiary/aromatic N) is 2. The van der Waals surface area contributed by atoms with Crippen molar-refractivity contribution in [3.63, 3.8) is 0 Å². The van der Waals surface area contributed by atoms with E-state index >= 15 is 0 Å². The Hall–Kier alpha value is -13.9. The summed E-state index contributed by atoms with van der Waals surface area (Å²) in [5.74, 6) is 3.13. The lowest BCUT2D eigenvalue weighted by molar-refractivity contribution is 0.466. The van der Waals surface area contributed by atoms with Gasteiger partial charge in [-0.15, -0.1) is 0 Å². The van der Waals surface area contributed by atoms with Crippen LogP contribution in [-0.2, 0) is 10.8 Å². The smallest absolute Gasteiger partial charge is 0.256 e. The fraction of sp³-hybridized carbons (Fsp3) is 0.0727. The molecule has 0 radical (unpaired) electrons. The number of rotatable bonds is 12. The monoisotopic (exact) mass is 1480 g/mol. The van der Waals surface area contributed by atoms with E-state index in [2.05, 4.69) is 440 Å². The highest BCUT2D eigenvalue weighted by atomic mass is 16.5. The fourth-order valence-electron chi connectivity index (χ4n) is 18.4. The van der Waals surface area contributed by atoms with Crippen LogP contribution in [0.3, 0.4) is 0 Å². The summed E-state index contributed by atoms with van der Waals surface area (Å²) >= 11 is 0. The molecule has 550 valence electrons. The number of hydrogen-bond acceptors (Lipinski definition) is 4. The molecule has 0 aromatic heterocycles. The third-order valence-electron chi connectivity index (χ3n) is 24.3. The maximum atomic E-state index is 7.85. The third kappa shape index (κ3) is 12.2. The van der Waals surface area contributed by atoms with Crippen LogP contribution in [-0.4, -0.2) is 13.4 Å². The first-order valence-corrected chi connectivity index (χ1v) is 40.6. The van der Waals surface area contributed by atoms with Crippen LogP contribution in [0.2, 0.25) is 0 Å². The van der Waals surface area contributed by atoms with Gasteiger partial charge in [0.15, 0.2) is 0 Å². The van der Waals surface area contributed by atoms with Gasteiger partial charge >= 0.3 is 0 Å². The second kappa shape index (κ2) is 28.0. The molecule has 4 nitrogen and oxygen atoms in total. The molecule has 17 aromatic carbocycles. The summed E-state index contributed by atoms with van der Waals surface area (Å²) in [4.78, 5) is 5.25. The summed E-state index contributed by atoms with van der Waals surface area (Å²) in [6.45, 7) is 13.4. The van der Waals surface area contributed by atoms with Gasteiger partial charge in [0.1, 0.15) is 23.0 Å². The Bertz CT molecular complexity index is 6140. The molecule has 0 aliphatic carbocycles. The zero-order valence-corrected chi connectivity index (χ0v) is 65.8. The van der Waals surface area contributed by atoms with Crippen LogP contribution in [0, 0.1) is 0 Å². The molecule has 4 aliphatic rings. The highest BCUT2D eigenvalue weighted by Gasteiger charge is 2.49. The van der Waals surface area contributed by atoms with Gasteiger partial charge in [-0.05, 0) is 204 Å². The van der Waals surface area contributed by atoms with Crippen LogP contribution in [0.4, 0.5) is 34.1 Å². The first kappa shape index (κ1) is 70.0. The Morgan fingerprint density at radius 3 is 0.724 bits per heavy atom. The normalized spacial score (nSPS) is 12.8. The predicted molar refractivity (Wildman–Crippen MR) is 490 cm³/mol. The molecule has 4 heterocycles. The quantitative estimate of drug-likeness (QED) is 0.114. The Kier molecular flexibility index (Phi) is 16.9. The minimum Gasteiger partial charge on any atom is -0.458 e. The van der Waals surface area contributed by atoms with E-state index in [1.165, 1.54) is 44.3 Å². The lowest BCUT2D eigenvalue weighted by Crippen LogP contribution is -2.63. The standard InChI is InChI=1S/C110H82B2N2O2/c1-109(2,3)87-65-89(79-39-23-11-24-40-79)107(90(66-87)80-41-25-12-26-42-80)113-97-59-83(77-51-47-75(48-52-77)71-31-15-7-16-32-71)55-57-93(97)111-95-69-96-102(70-101(95)115-103-63-85(61-99(113)105(103)111)73-35-19-9-20-36-73)116-104-64-86(74-37-21-10-22-38-74)62-100-106(104)112(96)94-58-56-84(78-53-49-76(50-54-78)72-33-17-8-18-34-72)60-98(94)114(100)108-91(81-43-27-13-28-44-81)67-88(110(4,5)6)68-92(108)82-45-29-14-30-46-82/h7-70H,1-6H3. The fourth-order valence-corrected chi connectivity index (χ4v) is 18.4. The second-order valence-corrected chi connectivity index (χ2v) is 33.5. The molecule has 116 heavy (non-hydrogen) atoms. The molecule has 0 N–H and O–H groups in total. The van der Waals surface area contributed by atoms with Gasteiger partial charge in [0, 0.05) is 51.1 Å². The summed E-state index contributed by atoms with van der Waals surface area (Å²) in [6, 6.07) is 144. The van der Waals surface area contributed by atoms with Gasteiger partial charge in [-0.1, -0.05) is 363 Å². The van der Waals surface area contributed by atoms with Crippen molar-refractivity contribution in [1.29, 1.82) is 0 Å². The van der Waals surface area contributed by atoms with Gasteiger partial charge in [-0.3, -0.25) is 0 Å². The summed E-state index contributed by atoms with van der Waals surface area (Å²) in [5, 5.41) is 0. The Balaban J connectivity index is 0.843. The molecule has 0 bridgehead atoms. The van der Waals surface area contributed by atoms with Crippen LogP contribution in [0.5, 0.6) is 23.0 Å². The van der Waals surface area contributed by atoms with Gasteiger partial charge in [0.05, 0.1) is 11.4 Å². The van der Waals surface area contributed by atoms with Gasteiger partial charge in [-0.25, -0.2) is 0 Å². The van der Waals surface area contributed by atoms with Crippen molar-refractivity contribution < 1.29 is 9.47 Å². The minimum absolute atomic E-state index is 0.198. The van der Waals surface area contributed by atoms with Crippen LogP contribution in [0.25, 0.3) is 111 Å². The average Bonchev–Trinajstić information content (AvgIpc) is 0.690. The van der Waals surface area contributed by atoms with Crippen LogP contribution in [0.15, 0.2) is 388 Å². The van der Waals surface area contributed by atoms with Gasteiger partial charge < -0.3 is 19.3 Å². The molecule has 6 heteroatoms. The summed E-state index contributed by atoms with van der Waals surface area (Å²) in [7, 11) is 0. The van der Waals surface area contributed by atoms with E-state index in [1.807, 2.05) is 0 Å². The Morgan fingerprint density at radius 2 is 0.440 bits per heavy atom. The van der Waals surface area contributed by atoms with Gasteiger partial charge in [-0.2, -0.15) is 0 Å². The topological polar surface area (TPSA) is 24.9 Å². The summed E-state index contributed by atoms with van der Waals surface area (Å²) < 4.78 is 15.7. The SMILES string of the molecule is CC(C)(C)c1cc(-c2ccccc2)c(N2c3cc(-c4ccc(-c5ccccc5)cc4)ccc3B3c4cc5c(cc4Oc4cc(-c6ccccc6)cc2c43)Oc2cc(-c3ccccc3)cc3c2B5c2ccc(-c4ccc(-c5ccccc5)cc4)cc2N3c2c(-c3ccccc3)cc(C(C)(C)C)cc2-c2ccccc2)c(-c2ccccc2)c1. The molecular weight excluding hydrogens is 1400 g/mol. The molecule has 0 atom stereocenters. The Morgan fingerprint density at radius 1 is 0.198 bits per heavy atom. The van der Waals surface area contributed by atoms with Crippen molar-refractivity contribution in [1.82, 2.24) is 0 Å². The van der Waals surface area contributed by atoms with Crippen molar-refractivity contribution in [2.24, 2.45) is 0 Å². The van der Waals surface area contributed by atoms with Crippen molar-refractivity contribution >= 4 is 80.3 Å². The highest BCUT2D eigenvalue weighted by Crippen LogP contribution is 2.55. The van der Waals surface area contributed by atoms with E-state index in [1.54, 1.807) is 0 Å². The van der Waals surface area contributed by atoms with Crippen LogP contribution < -0.4 is 52.1 Å². The first-order valence-electron chi connectivity index (χ1n) is 40.6. The minimum atomic E-state index is -0.320. The summed E-state index contributed by atoms with van der Waals surface area (Å²) in [5.41, 5.74) is 37.8. The predicted octanol–water partition coefficient (Wildman–Crippen LogP) is 25.8. The van der Waals surface area contributed by atoms with E-state index < -0.39 is 0 Å². The first-order chi connectivity index (χ1) is 56.8. The molecule has 0 saturated carbocycles. The zero-order valence-electron chi connectivity index (χ0n) is 65.8. The van der Waals surface area contributed by atoms with Crippen molar-refractivity contribution in [2.45, 2.75) is 52.4 Å². The molecule has 0 spiro atoms. The highest BCUT2D eigenvalue weighted by molar-refractivity contribution is 7.02. The van der Waals surface area contributed by atoms with E-state index in [0.29, 0.717) is 0 Å². The molecule has 17 aromatic rings. The zero-order chi connectivity index (χ0) is 77.9. The third-order valence-corrected chi connectivity index (χ3v) is 24.3. The van der Waals surface area contributed by atoms with Crippen molar-refractivity contribution in [3.8, 4) is 134 Å². The molecular formula is C110H82B2N2O2. The van der Waals surface area contributed by atoms with E-state index in [4.69, 9.17) is 9.47 Å². The molecule has 0 unspecified atom stereocenters. The van der Waals surface area contributed by atoms with E-state index in [0.717, 1.165) is 168 Å².